The maximum absolute atomic E-state index is 13.4. The van der Waals surface area contributed by atoms with Crippen molar-refractivity contribution in [3.63, 3.8) is 0 Å². The molecule has 1 N–H and O–H groups in total. The minimum atomic E-state index is -2.22. The van der Waals surface area contributed by atoms with E-state index in [4.69, 9.17) is 14.2 Å². The Kier molecular flexibility index (Phi) is 8.57. The van der Waals surface area contributed by atoms with Gasteiger partial charge in [0, 0.05) is 0 Å². The van der Waals surface area contributed by atoms with E-state index in [0.717, 1.165) is 0 Å². The third kappa shape index (κ3) is 6.56. The molecular weight excluding hydrogens is 424 g/mol. The lowest BCUT2D eigenvalue weighted by molar-refractivity contribution is -0.158. The van der Waals surface area contributed by atoms with Crippen LogP contribution in [-0.2, 0) is 35.8 Å². The number of carbonyl (C=O) groups excluding carboxylic acids is 3. The van der Waals surface area contributed by atoms with Gasteiger partial charge in [-0.05, 0) is 38.8 Å². The van der Waals surface area contributed by atoms with Gasteiger partial charge in [0.05, 0.1) is 12.7 Å². The highest BCUT2D eigenvalue weighted by Gasteiger charge is 2.55. The molecule has 2 atom stereocenters. The smallest absolute Gasteiger partial charge is 0.408 e. The first-order valence-electron chi connectivity index (χ1n) is 10.5. The standard InChI is InChI=1S/C25H28N2O6/c1-5-31-21(28)20(27-23(30)33-24(2,3)4)25(17-26,19-14-10-7-11-15-19)22(29)32-16-18-12-8-6-9-13-18/h6-15,20H,5,16H2,1-4H3,(H,27,30)/t20-,25-/m0/s1. The number of rotatable bonds is 8. The van der Waals surface area contributed by atoms with Gasteiger partial charge >= 0.3 is 18.0 Å². The van der Waals surface area contributed by atoms with Crippen molar-refractivity contribution in [2.24, 2.45) is 0 Å². The van der Waals surface area contributed by atoms with Gasteiger partial charge in [0.2, 0.25) is 5.41 Å². The number of benzene rings is 2. The molecule has 0 fully saturated rings. The number of hydrogen-bond donors (Lipinski definition) is 1. The molecule has 8 heteroatoms. The molecule has 33 heavy (non-hydrogen) atoms. The van der Waals surface area contributed by atoms with E-state index in [-0.39, 0.29) is 18.8 Å². The van der Waals surface area contributed by atoms with Gasteiger partial charge in [-0.25, -0.2) is 14.4 Å². The van der Waals surface area contributed by atoms with Gasteiger partial charge in [0.15, 0.2) is 6.04 Å². The number of ether oxygens (including phenoxy) is 3. The van der Waals surface area contributed by atoms with Crippen molar-refractivity contribution >= 4 is 18.0 Å². The minimum absolute atomic E-state index is 0.0271. The van der Waals surface area contributed by atoms with E-state index < -0.39 is 35.1 Å². The zero-order valence-corrected chi connectivity index (χ0v) is 19.2. The molecule has 0 bridgehead atoms. The van der Waals surface area contributed by atoms with Gasteiger partial charge in [0.1, 0.15) is 12.2 Å². The topological polar surface area (TPSA) is 115 Å². The number of hydrogen-bond acceptors (Lipinski definition) is 7. The summed E-state index contributed by atoms with van der Waals surface area (Å²) in [5.74, 6) is -1.97. The SMILES string of the molecule is CCOC(=O)[C@H](NC(=O)OC(C)(C)C)[C@@](C#N)(C(=O)OCc1ccccc1)c1ccccc1. The average molecular weight is 453 g/mol. The zero-order chi connectivity index (χ0) is 24.5. The molecule has 0 aromatic heterocycles. The number of amides is 1. The lowest BCUT2D eigenvalue weighted by Crippen LogP contribution is -2.59. The van der Waals surface area contributed by atoms with Crippen LogP contribution in [0.5, 0.6) is 0 Å². The Labute approximate surface area is 193 Å². The molecule has 2 aromatic rings. The van der Waals surface area contributed by atoms with E-state index in [1.54, 1.807) is 70.2 Å². The summed E-state index contributed by atoms with van der Waals surface area (Å²) in [7, 11) is 0. The third-order valence-corrected chi connectivity index (χ3v) is 4.56. The van der Waals surface area contributed by atoms with Gasteiger partial charge in [-0.15, -0.1) is 0 Å². The second kappa shape index (κ2) is 11.1. The maximum Gasteiger partial charge on any atom is 0.408 e. The highest BCUT2D eigenvalue weighted by atomic mass is 16.6. The van der Waals surface area contributed by atoms with Crippen LogP contribution in [0.1, 0.15) is 38.8 Å². The van der Waals surface area contributed by atoms with E-state index in [0.29, 0.717) is 5.56 Å². The Morgan fingerprint density at radius 3 is 2.06 bits per heavy atom. The first kappa shape index (κ1) is 25.4. The predicted octanol–water partition coefficient (Wildman–Crippen LogP) is 3.65. The Morgan fingerprint density at radius 2 is 1.55 bits per heavy atom. The molecule has 0 saturated carbocycles. The Balaban J connectivity index is 2.52. The fourth-order valence-corrected chi connectivity index (χ4v) is 3.11. The summed E-state index contributed by atoms with van der Waals surface area (Å²) >= 11 is 0. The van der Waals surface area contributed by atoms with Crippen molar-refractivity contribution in [1.29, 1.82) is 5.26 Å². The molecule has 2 rings (SSSR count). The Hall–Kier alpha value is -3.86. The molecule has 2 aromatic carbocycles. The molecule has 8 nitrogen and oxygen atoms in total. The second-order valence-electron chi connectivity index (χ2n) is 8.18. The van der Waals surface area contributed by atoms with Crippen molar-refractivity contribution in [3.8, 4) is 6.07 Å². The molecule has 0 aliphatic heterocycles. The molecule has 0 unspecified atom stereocenters. The molecule has 174 valence electrons. The minimum Gasteiger partial charge on any atom is -0.464 e. The van der Waals surface area contributed by atoms with Crippen molar-refractivity contribution in [2.45, 2.75) is 51.4 Å². The molecule has 0 spiro atoms. The van der Waals surface area contributed by atoms with Crippen LogP contribution in [0.25, 0.3) is 0 Å². The Morgan fingerprint density at radius 1 is 0.970 bits per heavy atom. The number of nitriles is 1. The molecule has 0 saturated heterocycles. The van der Waals surface area contributed by atoms with Gasteiger partial charge < -0.3 is 19.5 Å². The number of alkyl carbamates (subject to hydrolysis) is 1. The quantitative estimate of drug-likeness (QED) is 0.480. The van der Waals surface area contributed by atoms with Crippen LogP contribution >= 0.6 is 0 Å². The number of nitrogens with one attached hydrogen (secondary N) is 1. The highest BCUT2D eigenvalue weighted by molar-refractivity contribution is 5.97. The first-order valence-corrected chi connectivity index (χ1v) is 10.5. The molecular formula is C25H28N2O6. The normalized spacial score (nSPS) is 13.5. The lowest BCUT2D eigenvalue weighted by Gasteiger charge is -2.32. The fraction of sp³-hybridized carbons (Fsp3) is 0.360. The summed E-state index contributed by atoms with van der Waals surface area (Å²) < 4.78 is 15.8. The zero-order valence-electron chi connectivity index (χ0n) is 19.2. The molecule has 0 aliphatic rings. The van der Waals surface area contributed by atoms with E-state index in [9.17, 15) is 19.6 Å². The number of esters is 2. The average Bonchev–Trinajstić information content (AvgIpc) is 2.78. The van der Waals surface area contributed by atoms with E-state index >= 15 is 0 Å². The molecule has 0 heterocycles. The summed E-state index contributed by atoms with van der Waals surface area (Å²) in [6, 6.07) is 17.0. The summed E-state index contributed by atoms with van der Waals surface area (Å²) in [6.07, 6.45) is -0.980. The van der Waals surface area contributed by atoms with Crippen molar-refractivity contribution in [3.05, 3.63) is 71.8 Å². The second-order valence-corrected chi connectivity index (χ2v) is 8.18. The van der Waals surface area contributed by atoms with E-state index in [2.05, 4.69) is 5.32 Å². The van der Waals surface area contributed by atoms with Crippen LogP contribution in [0, 0.1) is 11.3 Å². The van der Waals surface area contributed by atoms with E-state index in [1.165, 1.54) is 12.1 Å². The lowest BCUT2D eigenvalue weighted by atomic mass is 9.75. The van der Waals surface area contributed by atoms with Crippen molar-refractivity contribution < 1.29 is 28.6 Å². The van der Waals surface area contributed by atoms with Gasteiger partial charge in [0.25, 0.3) is 0 Å². The highest BCUT2D eigenvalue weighted by Crippen LogP contribution is 2.31. The molecule has 1 amide bonds. The van der Waals surface area contributed by atoms with Crippen molar-refractivity contribution in [1.82, 2.24) is 5.32 Å². The molecule has 0 radical (unpaired) electrons. The summed E-state index contributed by atoms with van der Waals surface area (Å²) in [5.41, 5.74) is -2.24. The van der Waals surface area contributed by atoms with Crippen molar-refractivity contribution in [2.75, 3.05) is 6.61 Å². The summed E-state index contributed by atoms with van der Waals surface area (Å²) in [5, 5.41) is 12.6. The fourth-order valence-electron chi connectivity index (χ4n) is 3.11. The molecule has 0 aliphatic carbocycles. The van der Waals surface area contributed by atoms with Crippen LogP contribution in [0.2, 0.25) is 0 Å². The van der Waals surface area contributed by atoms with Crippen LogP contribution in [0.15, 0.2) is 60.7 Å². The van der Waals surface area contributed by atoms with Crippen LogP contribution < -0.4 is 5.32 Å². The van der Waals surface area contributed by atoms with Crippen LogP contribution in [0.3, 0.4) is 0 Å². The Bertz CT molecular complexity index is 995. The largest absolute Gasteiger partial charge is 0.464 e. The summed E-state index contributed by atoms with van der Waals surface area (Å²) in [6.45, 7) is 6.36. The van der Waals surface area contributed by atoms with Gasteiger partial charge in [-0.3, -0.25) is 0 Å². The predicted molar refractivity (Wildman–Crippen MR) is 120 cm³/mol. The summed E-state index contributed by atoms with van der Waals surface area (Å²) in [4.78, 5) is 39.0. The maximum atomic E-state index is 13.4. The van der Waals surface area contributed by atoms with E-state index in [1.807, 2.05) is 12.1 Å². The van der Waals surface area contributed by atoms with Crippen LogP contribution in [-0.4, -0.2) is 36.3 Å². The number of nitrogens with zero attached hydrogens (tertiary/aromatic N) is 1. The van der Waals surface area contributed by atoms with Gasteiger partial charge in [-0.1, -0.05) is 60.7 Å². The first-order chi connectivity index (χ1) is 15.6. The number of carbonyl (C=O) groups is 3. The van der Waals surface area contributed by atoms with Crippen LogP contribution in [0.4, 0.5) is 4.79 Å². The third-order valence-electron chi connectivity index (χ3n) is 4.56. The van der Waals surface area contributed by atoms with Gasteiger partial charge in [-0.2, -0.15) is 5.26 Å². The monoisotopic (exact) mass is 452 g/mol.